The topological polar surface area (TPSA) is 50.2 Å². The second kappa shape index (κ2) is 6.71. The third-order valence-corrected chi connectivity index (χ3v) is 5.18. The zero-order valence-electron chi connectivity index (χ0n) is 13.8. The third kappa shape index (κ3) is 3.28. The van der Waals surface area contributed by atoms with Gasteiger partial charge < -0.3 is 10.2 Å². The summed E-state index contributed by atoms with van der Waals surface area (Å²) < 4.78 is 1.94. The average Bonchev–Trinajstić information content (AvgIpc) is 3.05. The van der Waals surface area contributed by atoms with Gasteiger partial charge >= 0.3 is 6.03 Å². The third-order valence-electron chi connectivity index (χ3n) is 5.18. The molecule has 0 radical (unpaired) electrons. The van der Waals surface area contributed by atoms with E-state index in [4.69, 9.17) is 0 Å². The molecule has 22 heavy (non-hydrogen) atoms. The Balaban J connectivity index is 1.45. The summed E-state index contributed by atoms with van der Waals surface area (Å²) in [4.78, 5) is 14.6. The number of aromatic nitrogens is 2. The summed E-state index contributed by atoms with van der Waals surface area (Å²) in [6.07, 6.45) is 11.1. The minimum atomic E-state index is 0.138. The van der Waals surface area contributed by atoms with Gasteiger partial charge in [-0.2, -0.15) is 5.10 Å². The van der Waals surface area contributed by atoms with Crippen LogP contribution in [0.2, 0.25) is 0 Å². The Morgan fingerprint density at radius 2 is 2.23 bits per heavy atom. The average molecular weight is 304 g/mol. The number of hydrogen-bond donors (Lipinski definition) is 1. The number of nitrogens with zero attached hydrogens (tertiary/aromatic N) is 3. The molecule has 5 heteroatoms. The van der Waals surface area contributed by atoms with Crippen LogP contribution in [-0.2, 0) is 6.54 Å². The van der Waals surface area contributed by atoms with Crippen molar-refractivity contribution in [1.82, 2.24) is 20.0 Å². The van der Waals surface area contributed by atoms with Crippen molar-refractivity contribution >= 4 is 6.03 Å². The van der Waals surface area contributed by atoms with Crippen LogP contribution in [0.1, 0.15) is 51.0 Å². The normalized spacial score (nSPS) is 27.7. The van der Waals surface area contributed by atoms with E-state index in [-0.39, 0.29) is 6.03 Å². The van der Waals surface area contributed by atoms with Gasteiger partial charge in [0.15, 0.2) is 0 Å². The molecule has 1 saturated carbocycles. The summed E-state index contributed by atoms with van der Waals surface area (Å²) in [5.41, 5.74) is 1.18. The fourth-order valence-corrected chi connectivity index (χ4v) is 4.18. The summed E-state index contributed by atoms with van der Waals surface area (Å²) in [5.74, 6) is 0.738. The molecule has 1 aliphatic heterocycles. The first kappa shape index (κ1) is 15.4. The zero-order valence-corrected chi connectivity index (χ0v) is 13.8. The molecule has 5 nitrogen and oxygen atoms in total. The summed E-state index contributed by atoms with van der Waals surface area (Å²) in [6.45, 7) is 5.82. The zero-order chi connectivity index (χ0) is 15.5. The number of nitrogens with one attached hydrogen (secondary N) is 1. The molecule has 1 aromatic rings. The molecule has 122 valence electrons. The standard InChI is InChI=1S/C17H28N4O/c1-13-11-19-20(12-13)9-5-8-18-17(22)21-14(2)10-15-6-3-4-7-16(15)21/h11-12,14-16H,3-10H2,1-2H3,(H,18,22)/t14-,15+,16-/m1/s1. The molecular formula is C17H28N4O. The van der Waals surface area contributed by atoms with E-state index in [0.29, 0.717) is 12.1 Å². The number of likely N-dealkylation sites (tertiary alicyclic amines) is 1. The fourth-order valence-electron chi connectivity index (χ4n) is 4.18. The van der Waals surface area contributed by atoms with Crippen LogP contribution in [0.3, 0.4) is 0 Å². The van der Waals surface area contributed by atoms with Crippen molar-refractivity contribution in [2.45, 2.75) is 71.0 Å². The number of carbonyl (C=O) groups is 1. The molecule has 2 amide bonds. The number of rotatable bonds is 4. The maximum Gasteiger partial charge on any atom is 0.317 e. The molecule has 0 aromatic carbocycles. The Morgan fingerprint density at radius 1 is 1.41 bits per heavy atom. The lowest BCUT2D eigenvalue weighted by molar-refractivity contribution is 0.156. The molecule has 1 saturated heterocycles. The molecule has 2 heterocycles. The fraction of sp³-hybridized carbons (Fsp3) is 0.765. The quantitative estimate of drug-likeness (QED) is 0.870. The van der Waals surface area contributed by atoms with E-state index < -0.39 is 0 Å². The first-order valence-corrected chi connectivity index (χ1v) is 8.70. The van der Waals surface area contributed by atoms with Crippen LogP contribution in [-0.4, -0.2) is 39.3 Å². The van der Waals surface area contributed by atoms with Crippen molar-refractivity contribution in [3.8, 4) is 0 Å². The lowest BCUT2D eigenvalue weighted by Crippen LogP contribution is -2.48. The van der Waals surface area contributed by atoms with Gasteiger partial charge in [-0.05, 0) is 51.0 Å². The van der Waals surface area contributed by atoms with Crippen molar-refractivity contribution in [2.24, 2.45) is 5.92 Å². The Bertz CT molecular complexity index is 513. The van der Waals surface area contributed by atoms with Crippen LogP contribution in [0, 0.1) is 12.8 Å². The summed E-state index contributed by atoms with van der Waals surface area (Å²) >= 11 is 0. The van der Waals surface area contributed by atoms with Gasteiger partial charge in [0.1, 0.15) is 0 Å². The number of amides is 2. The number of urea groups is 1. The van der Waals surface area contributed by atoms with Crippen LogP contribution in [0.15, 0.2) is 12.4 Å². The molecule has 2 fully saturated rings. The predicted octanol–water partition coefficient (Wildman–Crippen LogP) is 2.94. The highest BCUT2D eigenvalue weighted by Crippen LogP contribution is 2.39. The van der Waals surface area contributed by atoms with Gasteiger partial charge in [-0.25, -0.2) is 4.79 Å². The lowest BCUT2D eigenvalue weighted by atomic mass is 9.85. The smallest absolute Gasteiger partial charge is 0.317 e. The second-order valence-corrected chi connectivity index (χ2v) is 6.97. The molecule has 3 atom stereocenters. The van der Waals surface area contributed by atoms with Crippen molar-refractivity contribution in [3.05, 3.63) is 18.0 Å². The number of fused-ring (bicyclic) bond motifs is 1. The molecule has 2 aliphatic rings. The van der Waals surface area contributed by atoms with Crippen LogP contribution >= 0.6 is 0 Å². The maximum absolute atomic E-state index is 12.5. The van der Waals surface area contributed by atoms with Crippen LogP contribution in [0.4, 0.5) is 4.79 Å². The predicted molar refractivity (Wildman–Crippen MR) is 86.6 cm³/mol. The first-order chi connectivity index (χ1) is 10.6. The Labute approximate surface area is 133 Å². The highest BCUT2D eigenvalue weighted by Gasteiger charge is 2.42. The lowest BCUT2D eigenvalue weighted by Gasteiger charge is -2.33. The minimum absolute atomic E-state index is 0.138. The Kier molecular flexibility index (Phi) is 4.69. The van der Waals surface area contributed by atoms with Gasteiger partial charge in [0.2, 0.25) is 0 Å². The first-order valence-electron chi connectivity index (χ1n) is 8.70. The summed E-state index contributed by atoms with van der Waals surface area (Å²) in [5, 5.41) is 7.38. The van der Waals surface area contributed by atoms with Gasteiger partial charge in [-0.3, -0.25) is 4.68 Å². The molecule has 0 spiro atoms. The van der Waals surface area contributed by atoms with Gasteiger partial charge in [0, 0.05) is 31.4 Å². The van der Waals surface area contributed by atoms with Gasteiger partial charge in [0.05, 0.1) is 6.20 Å². The summed E-state index contributed by atoms with van der Waals surface area (Å²) in [7, 11) is 0. The minimum Gasteiger partial charge on any atom is -0.338 e. The maximum atomic E-state index is 12.5. The van der Waals surface area contributed by atoms with Crippen molar-refractivity contribution in [3.63, 3.8) is 0 Å². The van der Waals surface area contributed by atoms with E-state index in [2.05, 4.69) is 22.2 Å². The number of hydrogen-bond acceptors (Lipinski definition) is 2. The molecule has 1 N–H and O–H groups in total. The van der Waals surface area contributed by atoms with E-state index in [1.807, 2.05) is 24.0 Å². The second-order valence-electron chi connectivity index (χ2n) is 6.97. The van der Waals surface area contributed by atoms with Crippen LogP contribution < -0.4 is 5.32 Å². The molecule has 0 unspecified atom stereocenters. The largest absolute Gasteiger partial charge is 0.338 e. The van der Waals surface area contributed by atoms with Crippen molar-refractivity contribution in [2.75, 3.05) is 6.54 Å². The molecule has 0 bridgehead atoms. The SMILES string of the molecule is Cc1cnn(CCCNC(=O)N2[C@H](C)C[C@@H]3CCCC[C@H]32)c1. The van der Waals surface area contributed by atoms with Crippen LogP contribution in [0.25, 0.3) is 0 Å². The van der Waals surface area contributed by atoms with E-state index in [1.165, 1.54) is 37.7 Å². The van der Waals surface area contributed by atoms with Crippen LogP contribution in [0.5, 0.6) is 0 Å². The monoisotopic (exact) mass is 304 g/mol. The van der Waals surface area contributed by atoms with Crippen molar-refractivity contribution in [1.29, 1.82) is 0 Å². The molecule has 3 rings (SSSR count). The molecule has 1 aromatic heterocycles. The summed E-state index contributed by atoms with van der Waals surface area (Å²) in [6, 6.07) is 1.01. The van der Waals surface area contributed by atoms with Gasteiger partial charge in [0.25, 0.3) is 0 Å². The molecular weight excluding hydrogens is 276 g/mol. The van der Waals surface area contributed by atoms with E-state index in [9.17, 15) is 4.79 Å². The van der Waals surface area contributed by atoms with E-state index in [1.54, 1.807) is 0 Å². The Hall–Kier alpha value is -1.52. The van der Waals surface area contributed by atoms with Gasteiger partial charge in [-0.1, -0.05) is 12.8 Å². The number of carbonyl (C=O) groups excluding carboxylic acids is 1. The van der Waals surface area contributed by atoms with Crippen molar-refractivity contribution < 1.29 is 4.79 Å². The van der Waals surface area contributed by atoms with E-state index in [0.717, 1.165) is 25.4 Å². The van der Waals surface area contributed by atoms with E-state index >= 15 is 0 Å². The Morgan fingerprint density at radius 3 is 3.00 bits per heavy atom. The molecule has 1 aliphatic carbocycles. The highest BCUT2D eigenvalue weighted by atomic mass is 16.2. The highest BCUT2D eigenvalue weighted by molar-refractivity contribution is 5.75. The van der Waals surface area contributed by atoms with Gasteiger partial charge in [-0.15, -0.1) is 0 Å². The number of aryl methyl sites for hydroxylation is 2.